The van der Waals surface area contributed by atoms with Gasteiger partial charge in [-0.15, -0.1) is 0 Å². The number of carbonyl (C=O) groups excluding carboxylic acids is 2. The maximum atomic E-state index is 13.6. The Labute approximate surface area is 164 Å². The second-order valence-electron chi connectivity index (χ2n) is 6.97. The maximum absolute atomic E-state index is 13.6. The van der Waals surface area contributed by atoms with E-state index in [9.17, 15) is 14.0 Å². The lowest BCUT2D eigenvalue weighted by molar-refractivity contribution is -0.125. The van der Waals surface area contributed by atoms with Crippen LogP contribution >= 0.6 is 11.6 Å². The molecule has 5 rings (SSSR count). The van der Waals surface area contributed by atoms with Gasteiger partial charge in [-0.05, 0) is 35.4 Å². The van der Waals surface area contributed by atoms with E-state index in [0.29, 0.717) is 34.2 Å². The summed E-state index contributed by atoms with van der Waals surface area (Å²) in [6.07, 6.45) is 1.54. The standard InChI is InChI=1S/C20H14ClFN4O2/c21-12-3-1-11(2-4-12)10-26-18-15(9-23-26)20(8-17(27)25-18)14-6-5-13(22)7-16(14)24-19(20)28/h1-7,9H,8,10H2,(H,24,28)(H,25,27)/t20-/m1/s1. The van der Waals surface area contributed by atoms with Crippen LogP contribution in [0.4, 0.5) is 15.9 Å². The molecule has 2 amide bonds. The highest BCUT2D eigenvalue weighted by atomic mass is 35.5. The Balaban J connectivity index is 1.64. The Hall–Kier alpha value is -3.19. The van der Waals surface area contributed by atoms with Gasteiger partial charge in [-0.2, -0.15) is 5.10 Å². The van der Waals surface area contributed by atoms with E-state index in [2.05, 4.69) is 15.7 Å². The number of nitrogens with one attached hydrogen (secondary N) is 2. The van der Waals surface area contributed by atoms with E-state index < -0.39 is 11.2 Å². The molecule has 8 heteroatoms. The van der Waals surface area contributed by atoms with E-state index >= 15 is 0 Å². The predicted octanol–water partition coefficient (Wildman–Crippen LogP) is 3.30. The zero-order chi connectivity index (χ0) is 19.5. The number of aromatic nitrogens is 2. The predicted molar refractivity (Wildman–Crippen MR) is 102 cm³/mol. The average molecular weight is 397 g/mol. The molecule has 0 fully saturated rings. The first-order valence-corrected chi connectivity index (χ1v) is 9.07. The zero-order valence-electron chi connectivity index (χ0n) is 14.5. The van der Waals surface area contributed by atoms with Gasteiger partial charge in [-0.1, -0.05) is 29.8 Å². The van der Waals surface area contributed by atoms with Crippen molar-refractivity contribution in [3.63, 3.8) is 0 Å². The molecule has 0 bridgehead atoms. The van der Waals surface area contributed by atoms with Gasteiger partial charge in [-0.3, -0.25) is 9.59 Å². The van der Waals surface area contributed by atoms with Crippen LogP contribution in [0.15, 0.2) is 48.7 Å². The molecule has 3 aromatic rings. The summed E-state index contributed by atoms with van der Waals surface area (Å²) in [7, 11) is 0. The van der Waals surface area contributed by atoms with Crippen molar-refractivity contribution in [2.45, 2.75) is 18.4 Å². The number of hydrogen-bond acceptors (Lipinski definition) is 3. The smallest absolute Gasteiger partial charge is 0.240 e. The van der Waals surface area contributed by atoms with Gasteiger partial charge in [0.1, 0.15) is 17.1 Å². The van der Waals surface area contributed by atoms with E-state index in [1.807, 2.05) is 12.1 Å². The molecule has 1 aromatic heterocycles. The molecule has 2 N–H and O–H groups in total. The SMILES string of the molecule is O=C1C[C@]2(C(=O)Nc3cc(F)ccc32)c2cnn(Cc3ccc(Cl)cc3)c2N1. The Morgan fingerprint density at radius 1 is 1.11 bits per heavy atom. The third-order valence-electron chi connectivity index (χ3n) is 5.31. The topological polar surface area (TPSA) is 76.0 Å². The number of halogens is 2. The van der Waals surface area contributed by atoms with Crippen LogP contribution in [0, 0.1) is 5.82 Å². The molecule has 1 spiro atoms. The summed E-state index contributed by atoms with van der Waals surface area (Å²) in [5, 5.41) is 10.6. The molecule has 28 heavy (non-hydrogen) atoms. The number of nitrogens with zero attached hydrogens (tertiary/aromatic N) is 2. The largest absolute Gasteiger partial charge is 0.325 e. The minimum atomic E-state index is -1.21. The Kier molecular flexibility index (Phi) is 3.57. The number of hydrogen-bond donors (Lipinski definition) is 2. The fourth-order valence-electron chi connectivity index (χ4n) is 4.01. The lowest BCUT2D eigenvalue weighted by Crippen LogP contribution is -2.43. The van der Waals surface area contributed by atoms with Gasteiger partial charge in [0.05, 0.1) is 12.7 Å². The summed E-state index contributed by atoms with van der Waals surface area (Å²) in [6.45, 7) is 0.404. The van der Waals surface area contributed by atoms with E-state index in [-0.39, 0.29) is 18.2 Å². The van der Waals surface area contributed by atoms with Crippen LogP contribution in [0.5, 0.6) is 0 Å². The van der Waals surface area contributed by atoms with Crippen LogP contribution in [-0.4, -0.2) is 21.6 Å². The van der Waals surface area contributed by atoms with Crippen molar-refractivity contribution in [2.75, 3.05) is 10.6 Å². The molecular formula is C20H14ClFN4O2. The average Bonchev–Trinajstić information content (AvgIpc) is 3.17. The number of benzene rings is 2. The summed E-state index contributed by atoms with van der Waals surface area (Å²) in [6, 6.07) is 11.4. The fraction of sp³-hybridized carbons (Fsp3) is 0.150. The first-order valence-electron chi connectivity index (χ1n) is 8.69. The number of amides is 2. The van der Waals surface area contributed by atoms with Gasteiger partial charge in [0.2, 0.25) is 11.8 Å². The molecule has 0 saturated carbocycles. The molecule has 2 aromatic carbocycles. The molecule has 2 aliphatic rings. The van der Waals surface area contributed by atoms with E-state index in [1.165, 1.54) is 12.1 Å². The van der Waals surface area contributed by atoms with Gasteiger partial charge >= 0.3 is 0 Å². The van der Waals surface area contributed by atoms with Crippen LogP contribution in [-0.2, 0) is 21.5 Å². The van der Waals surface area contributed by atoms with Crippen LogP contribution in [0.2, 0.25) is 5.02 Å². The van der Waals surface area contributed by atoms with Crippen LogP contribution in [0.1, 0.15) is 23.1 Å². The van der Waals surface area contributed by atoms with Crippen molar-refractivity contribution >= 4 is 34.9 Å². The summed E-state index contributed by atoms with van der Waals surface area (Å²) in [5.74, 6) is -0.624. The van der Waals surface area contributed by atoms with Crippen LogP contribution < -0.4 is 10.6 Å². The number of rotatable bonds is 2. The van der Waals surface area contributed by atoms with Crippen molar-refractivity contribution in [1.29, 1.82) is 0 Å². The minimum absolute atomic E-state index is 0.0584. The van der Waals surface area contributed by atoms with Crippen molar-refractivity contribution in [3.8, 4) is 0 Å². The highest BCUT2D eigenvalue weighted by Crippen LogP contribution is 2.49. The molecule has 2 aliphatic heterocycles. The van der Waals surface area contributed by atoms with E-state index in [4.69, 9.17) is 11.6 Å². The molecule has 6 nitrogen and oxygen atoms in total. The van der Waals surface area contributed by atoms with E-state index in [0.717, 1.165) is 5.56 Å². The van der Waals surface area contributed by atoms with E-state index in [1.54, 1.807) is 29.1 Å². The number of fused-ring (bicyclic) bond motifs is 4. The highest BCUT2D eigenvalue weighted by Gasteiger charge is 2.54. The molecule has 0 aliphatic carbocycles. The monoisotopic (exact) mass is 396 g/mol. The fourth-order valence-corrected chi connectivity index (χ4v) is 4.14. The van der Waals surface area contributed by atoms with Crippen LogP contribution in [0.25, 0.3) is 0 Å². The molecular weight excluding hydrogens is 383 g/mol. The van der Waals surface area contributed by atoms with Crippen molar-refractivity contribution < 1.29 is 14.0 Å². The second kappa shape index (κ2) is 5.90. The highest BCUT2D eigenvalue weighted by molar-refractivity contribution is 6.30. The first kappa shape index (κ1) is 16.9. The number of carbonyl (C=O) groups is 2. The van der Waals surface area contributed by atoms with Crippen molar-refractivity contribution in [1.82, 2.24) is 9.78 Å². The zero-order valence-corrected chi connectivity index (χ0v) is 15.3. The molecule has 0 unspecified atom stereocenters. The summed E-state index contributed by atoms with van der Waals surface area (Å²) < 4.78 is 15.3. The maximum Gasteiger partial charge on any atom is 0.240 e. The van der Waals surface area contributed by atoms with Gasteiger partial charge in [0.15, 0.2) is 0 Å². The molecule has 3 heterocycles. The second-order valence-corrected chi connectivity index (χ2v) is 7.40. The lowest BCUT2D eigenvalue weighted by Gasteiger charge is -2.31. The van der Waals surface area contributed by atoms with Gasteiger partial charge in [0, 0.05) is 22.7 Å². The first-order chi connectivity index (χ1) is 13.5. The van der Waals surface area contributed by atoms with Crippen LogP contribution in [0.3, 0.4) is 0 Å². The summed E-state index contributed by atoms with van der Waals surface area (Å²) in [4.78, 5) is 25.5. The van der Waals surface area contributed by atoms with Crippen molar-refractivity contribution in [2.24, 2.45) is 0 Å². The molecule has 0 radical (unpaired) electrons. The van der Waals surface area contributed by atoms with Gasteiger partial charge in [-0.25, -0.2) is 9.07 Å². The lowest BCUT2D eigenvalue weighted by atomic mass is 9.72. The summed E-state index contributed by atoms with van der Waals surface area (Å²) in [5.41, 5.74) is 1.31. The Morgan fingerprint density at radius 2 is 1.89 bits per heavy atom. The number of anilines is 2. The minimum Gasteiger partial charge on any atom is -0.325 e. The van der Waals surface area contributed by atoms with Crippen molar-refractivity contribution in [3.05, 3.63) is 76.2 Å². The summed E-state index contributed by atoms with van der Waals surface area (Å²) >= 11 is 5.93. The molecule has 0 saturated heterocycles. The molecule has 140 valence electrons. The normalized spacial score (nSPS) is 19.9. The Morgan fingerprint density at radius 3 is 2.68 bits per heavy atom. The quantitative estimate of drug-likeness (QED) is 0.697. The Bertz CT molecular complexity index is 1140. The third-order valence-corrected chi connectivity index (χ3v) is 5.56. The third kappa shape index (κ3) is 2.36. The molecule has 1 atom stereocenters. The van der Waals surface area contributed by atoms with Gasteiger partial charge in [0.25, 0.3) is 0 Å². The van der Waals surface area contributed by atoms with Gasteiger partial charge < -0.3 is 10.6 Å².